The Hall–Kier alpha value is -1.20. The van der Waals surface area contributed by atoms with Gasteiger partial charge in [0, 0.05) is 13.1 Å². The third kappa shape index (κ3) is 2.08. The minimum atomic E-state index is -0.556. The first-order valence-corrected chi connectivity index (χ1v) is 6.27. The van der Waals surface area contributed by atoms with Crippen molar-refractivity contribution >= 4 is 17.5 Å². The van der Waals surface area contributed by atoms with Crippen molar-refractivity contribution < 1.29 is 13.9 Å². The molecule has 0 radical (unpaired) electrons. The zero-order valence-electron chi connectivity index (χ0n) is 9.60. The number of hydrogen-bond donors (Lipinski definition) is 0. The second-order valence-electron chi connectivity index (χ2n) is 4.66. The summed E-state index contributed by atoms with van der Waals surface area (Å²) in [7, 11) is 0. The molecule has 2 aliphatic rings. The molecule has 3 heterocycles. The zero-order valence-corrected chi connectivity index (χ0v) is 10.4. The van der Waals surface area contributed by atoms with E-state index in [4.69, 9.17) is 16.3 Å². The van der Waals surface area contributed by atoms with Gasteiger partial charge in [-0.2, -0.15) is 0 Å². The number of aromatic nitrogens is 1. The lowest BCUT2D eigenvalue weighted by atomic mass is 10.2. The molecule has 0 aliphatic carbocycles. The van der Waals surface area contributed by atoms with Crippen LogP contribution in [-0.4, -0.2) is 41.1 Å². The smallest absolute Gasteiger partial charge is 0.257 e. The van der Waals surface area contributed by atoms with Crippen LogP contribution in [0.4, 0.5) is 4.39 Å². The van der Waals surface area contributed by atoms with Gasteiger partial charge in [0.25, 0.3) is 5.91 Å². The molecular weight excluding hydrogens is 259 g/mol. The van der Waals surface area contributed by atoms with Gasteiger partial charge in [-0.15, -0.1) is 0 Å². The predicted octanol–water partition coefficient (Wildman–Crippen LogP) is 1.88. The van der Waals surface area contributed by atoms with Crippen molar-refractivity contribution in [3.8, 4) is 0 Å². The van der Waals surface area contributed by atoms with Crippen LogP contribution in [0.15, 0.2) is 12.3 Å². The van der Waals surface area contributed by atoms with E-state index in [0.717, 1.165) is 25.1 Å². The number of ether oxygens (including phenoxy) is 1. The molecule has 2 saturated heterocycles. The fourth-order valence-electron chi connectivity index (χ4n) is 2.52. The summed E-state index contributed by atoms with van der Waals surface area (Å²) in [6.45, 7) is 1.09. The second kappa shape index (κ2) is 4.48. The molecule has 4 nitrogen and oxygen atoms in total. The van der Waals surface area contributed by atoms with Crippen LogP contribution in [-0.2, 0) is 4.74 Å². The van der Waals surface area contributed by atoms with E-state index in [1.54, 1.807) is 4.90 Å². The number of nitrogens with zero attached hydrogens (tertiary/aromatic N) is 2. The van der Waals surface area contributed by atoms with Crippen molar-refractivity contribution in [2.45, 2.75) is 25.0 Å². The maximum atomic E-state index is 13.1. The number of carbonyl (C=O) groups is 1. The summed E-state index contributed by atoms with van der Waals surface area (Å²) in [5.74, 6) is -0.828. The van der Waals surface area contributed by atoms with E-state index < -0.39 is 5.82 Å². The molecule has 2 bridgehead atoms. The van der Waals surface area contributed by atoms with Crippen molar-refractivity contribution in [3.63, 3.8) is 0 Å². The highest BCUT2D eigenvalue weighted by molar-refractivity contribution is 6.32. The van der Waals surface area contributed by atoms with Gasteiger partial charge in [0.1, 0.15) is 11.0 Å². The fraction of sp³-hybridized carbons (Fsp3) is 0.500. The lowest BCUT2D eigenvalue weighted by Gasteiger charge is -2.32. The molecule has 0 saturated carbocycles. The molecule has 2 atom stereocenters. The highest BCUT2D eigenvalue weighted by atomic mass is 35.5. The van der Waals surface area contributed by atoms with Crippen LogP contribution in [0, 0.1) is 5.82 Å². The van der Waals surface area contributed by atoms with Crippen LogP contribution in [0.2, 0.25) is 5.15 Å². The summed E-state index contributed by atoms with van der Waals surface area (Å²) < 4.78 is 18.8. The number of likely N-dealkylation sites (tertiary alicyclic amines) is 1. The molecular formula is C12H12ClFN2O2. The molecule has 0 spiro atoms. The minimum absolute atomic E-state index is 0.0419. The van der Waals surface area contributed by atoms with Crippen LogP contribution in [0.3, 0.4) is 0 Å². The summed E-state index contributed by atoms with van der Waals surface area (Å²) >= 11 is 5.84. The van der Waals surface area contributed by atoms with Crippen LogP contribution in [0.25, 0.3) is 0 Å². The van der Waals surface area contributed by atoms with E-state index in [-0.39, 0.29) is 28.8 Å². The first-order chi connectivity index (χ1) is 8.63. The Kier molecular flexibility index (Phi) is 2.95. The lowest BCUT2D eigenvalue weighted by Crippen LogP contribution is -2.45. The molecule has 1 amide bonds. The topological polar surface area (TPSA) is 42.4 Å². The molecule has 2 aliphatic heterocycles. The molecule has 2 unspecified atom stereocenters. The van der Waals surface area contributed by atoms with Crippen molar-refractivity contribution in [2.75, 3.05) is 13.1 Å². The van der Waals surface area contributed by atoms with Gasteiger partial charge >= 0.3 is 0 Å². The highest BCUT2D eigenvalue weighted by Crippen LogP contribution is 2.28. The summed E-state index contributed by atoms with van der Waals surface area (Å²) in [4.78, 5) is 17.6. The standard InChI is InChI=1S/C12H12ClFN2O2/c13-11-10(3-7(14)4-15-11)12(17)16-5-8-1-2-9(6-16)18-8/h3-4,8-9H,1-2,5-6H2. The van der Waals surface area contributed by atoms with Crippen molar-refractivity contribution in [1.82, 2.24) is 9.88 Å². The van der Waals surface area contributed by atoms with E-state index in [0.29, 0.717) is 13.1 Å². The van der Waals surface area contributed by atoms with Gasteiger partial charge < -0.3 is 9.64 Å². The maximum absolute atomic E-state index is 13.1. The van der Waals surface area contributed by atoms with Gasteiger partial charge in [-0.25, -0.2) is 9.37 Å². The van der Waals surface area contributed by atoms with Crippen molar-refractivity contribution in [1.29, 1.82) is 0 Å². The molecule has 3 rings (SSSR count). The first kappa shape index (κ1) is 11.9. The third-order valence-corrected chi connectivity index (χ3v) is 3.67. The average molecular weight is 271 g/mol. The Balaban J connectivity index is 1.84. The summed E-state index contributed by atoms with van der Waals surface area (Å²) in [6.07, 6.45) is 3.16. The third-order valence-electron chi connectivity index (χ3n) is 3.37. The van der Waals surface area contributed by atoms with Crippen molar-refractivity contribution in [3.05, 3.63) is 28.8 Å². The zero-order chi connectivity index (χ0) is 12.7. The summed E-state index contributed by atoms with van der Waals surface area (Å²) in [5, 5.41) is 0.0419. The van der Waals surface area contributed by atoms with Crippen molar-refractivity contribution in [2.24, 2.45) is 0 Å². The molecule has 0 aromatic carbocycles. The second-order valence-corrected chi connectivity index (χ2v) is 5.02. The first-order valence-electron chi connectivity index (χ1n) is 5.89. The van der Waals surface area contributed by atoms with Gasteiger partial charge in [-0.05, 0) is 18.9 Å². The average Bonchev–Trinajstić information content (AvgIpc) is 2.70. The van der Waals surface area contributed by atoms with E-state index >= 15 is 0 Å². The molecule has 2 fully saturated rings. The minimum Gasteiger partial charge on any atom is -0.371 e. The number of fused-ring (bicyclic) bond motifs is 2. The Morgan fingerprint density at radius 1 is 1.44 bits per heavy atom. The Morgan fingerprint density at radius 3 is 2.78 bits per heavy atom. The molecule has 18 heavy (non-hydrogen) atoms. The van der Waals surface area contributed by atoms with Crippen LogP contribution in [0.1, 0.15) is 23.2 Å². The molecule has 1 aromatic heterocycles. The molecule has 1 aromatic rings. The summed E-state index contributed by atoms with van der Waals surface area (Å²) in [6, 6.07) is 1.13. The van der Waals surface area contributed by atoms with Gasteiger partial charge in [-0.1, -0.05) is 11.6 Å². The largest absolute Gasteiger partial charge is 0.371 e. The Labute approximate surface area is 109 Å². The van der Waals surface area contributed by atoms with E-state index in [1.165, 1.54) is 0 Å². The SMILES string of the molecule is O=C(c1cc(F)cnc1Cl)N1CC2CCC(C1)O2. The van der Waals surface area contributed by atoms with Crippen LogP contribution in [0.5, 0.6) is 0 Å². The molecule has 96 valence electrons. The van der Waals surface area contributed by atoms with Crippen LogP contribution >= 0.6 is 11.6 Å². The monoisotopic (exact) mass is 270 g/mol. The van der Waals surface area contributed by atoms with Gasteiger partial charge in [-0.3, -0.25) is 4.79 Å². The number of halogens is 2. The number of hydrogen-bond acceptors (Lipinski definition) is 3. The van der Waals surface area contributed by atoms with Crippen LogP contribution < -0.4 is 0 Å². The Morgan fingerprint density at radius 2 is 2.11 bits per heavy atom. The molecule has 0 N–H and O–H groups in total. The number of amides is 1. The predicted molar refractivity (Wildman–Crippen MR) is 63.0 cm³/mol. The Bertz CT molecular complexity index is 485. The fourth-order valence-corrected chi connectivity index (χ4v) is 2.71. The maximum Gasteiger partial charge on any atom is 0.257 e. The lowest BCUT2D eigenvalue weighted by molar-refractivity contribution is -0.0303. The highest BCUT2D eigenvalue weighted by Gasteiger charge is 2.36. The summed E-state index contributed by atoms with van der Waals surface area (Å²) in [5.41, 5.74) is 0.123. The molecule has 6 heteroatoms. The normalized spacial score (nSPS) is 26.4. The van der Waals surface area contributed by atoms with Gasteiger partial charge in [0.15, 0.2) is 0 Å². The number of rotatable bonds is 1. The number of pyridine rings is 1. The van der Waals surface area contributed by atoms with Gasteiger partial charge in [0.05, 0.1) is 24.0 Å². The van der Waals surface area contributed by atoms with E-state index in [9.17, 15) is 9.18 Å². The van der Waals surface area contributed by atoms with E-state index in [1.807, 2.05) is 0 Å². The van der Waals surface area contributed by atoms with Gasteiger partial charge in [0.2, 0.25) is 0 Å². The quantitative estimate of drug-likeness (QED) is 0.732. The van der Waals surface area contributed by atoms with E-state index in [2.05, 4.69) is 4.98 Å². The number of carbonyl (C=O) groups excluding carboxylic acids is 1. The number of morpholine rings is 1.